The zero-order chi connectivity index (χ0) is 27.6. The van der Waals surface area contributed by atoms with Gasteiger partial charge in [-0.1, -0.05) is 5.16 Å². The smallest absolute Gasteiger partial charge is 0.352 e. The molecule has 0 radical (unpaired) electrons. The number of methoxy groups -OCH3 is 1. The standard InChI is InChI=1S/C22H24N6O7S3/c1-24-38(33)12-4-5-14(34-2)10(7-12)6-11-8-36-20-16(19(30)28(20)17(11)21(31)32)26-18(29)15(27-35-3)13-9-37-22(23)25-13/h4-5,7,9,16,20,24H,6,8H2,1-3H3,(H2,23,25)(H,26,29)(H,31,32)/b27-15-. The molecule has 2 amide bonds. The molecule has 38 heavy (non-hydrogen) atoms. The molecule has 13 nitrogen and oxygen atoms in total. The molecule has 202 valence electrons. The number of nitrogens with zero attached hydrogens (tertiary/aromatic N) is 3. The molecule has 1 fully saturated rings. The Kier molecular flexibility index (Phi) is 8.35. The number of amides is 2. The number of aromatic nitrogens is 1. The van der Waals surface area contributed by atoms with Crippen LogP contribution >= 0.6 is 23.1 Å². The Bertz CT molecular complexity index is 1370. The summed E-state index contributed by atoms with van der Waals surface area (Å²) in [7, 11) is 2.86. The van der Waals surface area contributed by atoms with E-state index in [1.165, 1.54) is 36.3 Å². The van der Waals surface area contributed by atoms with Crippen LogP contribution < -0.4 is 20.5 Å². The van der Waals surface area contributed by atoms with Gasteiger partial charge in [0.2, 0.25) is 0 Å². The van der Waals surface area contributed by atoms with Crippen molar-refractivity contribution in [2.45, 2.75) is 22.7 Å². The number of ether oxygens (including phenoxy) is 1. The summed E-state index contributed by atoms with van der Waals surface area (Å²) in [5.74, 6) is -1.76. The second-order valence-electron chi connectivity index (χ2n) is 7.93. The number of carboxylic acid groups (broad SMARTS) is 1. The van der Waals surface area contributed by atoms with Gasteiger partial charge in [-0.05, 0) is 36.4 Å². The summed E-state index contributed by atoms with van der Waals surface area (Å²) in [5.41, 5.74) is 6.65. The maximum atomic E-state index is 13.1. The first kappa shape index (κ1) is 27.6. The quantitative estimate of drug-likeness (QED) is 0.173. The Morgan fingerprint density at radius 1 is 1.37 bits per heavy atom. The summed E-state index contributed by atoms with van der Waals surface area (Å²) in [6.45, 7) is 0. The van der Waals surface area contributed by atoms with Crippen LogP contribution in [0.4, 0.5) is 5.13 Å². The molecular formula is C22H24N6O7S3. The average Bonchev–Trinajstić information content (AvgIpc) is 3.34. The summed E-state index contributed by atoms with van der Waals surface area (Å²) < 4.78 is 20.3. The number of nitrogen functional groups attached to an aromatic ring is 1. The lowest BCUT2D eigenvalue weighted by Crippen LogP contribution is -2.71. The minimum atomic E-state index is -1.45. The van der Waals surface area contributed by atoms with Crippen molar-refractivity contribution in [3.05, 3.63) is 46.1 Å². The number of nitrogens with one attached hydrogen (secondary N) is 2. The number of oxime groups is 1. The van der Waals surface area contributed by atoms with Gasteiger partial charge >= 0.3 is 5.97 Å². The van der Waals surface area contributed by atoms with Crippen LogP contribution in [0.1, 0.15) is 11.3 Å². The number of nitrogens with two attached hydrogens (primary N) is 1. The summed E-state index contributed by atoms with van der Waals surface area (Å²) in [4.78, 5) is 48.8. The molecule has 0 aliphatic carbocycles. The van der Waals surface area contributed by atoms with Crippen molar-refractivity contribution in [3.63, 3.8) is 0 Å². The molecule has 1 aromatic carbocycles. The summed E-state index contributed by atoms with van der Waals surface area (Å²) in [6, 6.07) is 4.02. The molecule has 0 spiro atoms. The van der Waals surface area contributed by atoms with E-state index in [2.05, 4.69) is 20.2 Å². The predicted octanol–water partition coefficient (Wildman–Crippen LogP) is 0.308. The third-order valence-electron chi connectivity index (χ3n) is 5.75. The number of carboxylic acids is 1. The molecule has 3 atom stereocenters. The van der Waals surface area contributed by atoms with Gasteiger partial charge in [-0.15, -0.1) is 23.1 Å². The monoisotopic (exact) mass is 580 g/mol. The Balaban J connectivity index is 1.58. The van der Waals surface area contributed by atoms with E-state index in [-0.39, 0.29) is 34.4 Å². The maximum Gasteiger partial charge on any atom is 0.352 e. The number of rotatable bonds is 10. The summed E-state index contributed by atoms with van der Waals surface area (Å²) in [5, 5.41) is 17.5. The number of hydrogen-bond donors (Lipinski definition) is 4. The lowest BCUT2D eigenvalue weighted by Gasteiger charge is -2.49. The molecule has 5 N–H and O–H groups in total. The second-order valence-corrected chi connectivity index (χ2v) is 11.3. The molecule has 0 bridgehead atoms. The van der Waals surface area contributed by atoms with Crippen molar-refractivity contribution in [2.75, 3.05) is 32.8 Å². The summed E-state index contributed by atoms with van der Waals surface area (Å²) in [6.07, 6.45) is 0.163. The van der Waals surface area contributed by atoms with E-state index in [0.29, 0.717) is 21.8 Å². The molecule has 2 aliphatic rings. The third kappa shape index (κ3) is 5.24. The largest absolute Gasteiger partial charge is 0.496 e. The predicted molar refractivity (Wildman–Crippen MR) is 142 cm³/mol. The highest BCUT2D eigenvalue weighted by molar-refractivity contribution is 8.00. The van der Waals surface area contributed by atoms with Crippen molar-refractivity contribution in [3.8, 4) is 5.75 Å². The van der Waals surface area contributed by atoms with Crippen LogP contribution in [0.2, 0.25) is 0 Å². The van der Waals surface area contributed by atoms with Gasteiger partial charge in [0.15, 0.2) is 10.8 Å². The third-order valence-corrected chi connectivity index (χ3v) is 8.82. The van der Waals surface area contributed by atoms with Crippen LogP contribution in [0.5, 0.6) is 5.75 Å². The molecule has 2 aliphatic heterocycles. The van der Waals surface area contributed by atoms with Crippen LogP contribution in [0.15, 0.2) is 44.9 Å². The van der Waals surface area contributed by atoms with Crippen LogP contribution in [0.25, 0.3) is 0 Å². The molecule has 2 aromatic rings. The number of benzene rings is 1. The molecular weight excluding hydrogens is 556 g/mol. The first-order chi connectivity index (χ1) is 18.2. The molecule has 3 unspecified atom stereocenters. The fourth-order valence-corrected chi connectivity index (χ4v) is 6.65. The maximum absolute atomic E-state index is 13.1. The molecule has 16 heteroatoms. The zero-order valence-electron chi connectivity index (χ0n) is 20.4. The second kappa shape index (κ2) is 11.5. The van der Waals surface area contributed by atoms with Gasteiger partial charge in [0.1, 0.15) is 46.7 Å². The number of carbonyl (C=O) groups is 3. The summed E-state index contributed by atoms with van der Waals surface area (Å²) >= 11 is 2.43. The fraction of sp³-hybridized carbons (Fsp3) is 0.318. The van der Waals surface area contributed by atoms with Crippen molar-refractivity contribution in [1.29, 1.82) is 0 Å². The van der Waals surface area contributed by atoms with Crippen LogP contribution in [0, 0.1) is 0 Å². The van der Waals surface area contributed by atoms with Crippen LogP contribution in [0.3, 0.4) is 0 Å². The molecule has 1 saturated heterocycles. The number of β-lactam (4-membered cyclic amide) rings is 1. The van der Waals surface area contributed by atoms with E-state index in [4.69, 9.17) is 15.3 Å². The topological polar surface area (TPSA) is 186 Å². The van der Waals surface area contributed by atoms with Gasteiger partial charge < -0.3 is 25.7 Å². The Hall–Kier alpha value is -3.47. The van der Waals surface area contributed by atoms with Gasteiger partial charge in [-0.3, -0.25) is 14.5 Å². The van der Waals surface area contributed by atoms with Gasteiger partial charge in [0, 0.05) is 17.6 Å². The first-order valence-electron chi connectivity index (χ1n) is 11.0. The van der Waals surface area contributed by atoms with Crippen molar-refractivity contribution in [1.82, 2.24) is 19.9 Å². The average molecular weight is 581 g/mol. The number of thiazole rings is 1. The number of carbonyl (C=O) groups excluding carboxylic acids is 2. The highest BCUT2D eigenvalue weighted by Crippen LogP contribution is 2.42. The normalized spacial score (nSPS) is 19.9. The van der Waals surface area contributed by atoms with Crippen molar-refractivity contribution < 1.29 is 33.3 Å². The lowest BCUT2D eigenvalue weighted by molar-refractivity contribution is -0.150. The van der Waals surface area contributed by atoms with Gasteiger partial charge in [0.25, 0.3) is 11.8 Å². The molecule has 4 rings (SSSR count). The van der Waals surface area contributed by atoms with E-state index in [9.17, 15) is 23.7 Å². The van der Waals surface area contributed by atoms with E-state index in [1.54, 1.807) is 25.2 Å². The minimum absolute atomic E-state index is 0.149. The Morgan fingerprint density at radius 3 is 2.74 bits per heavy atom. The van der Waals surface area contributed by atoms with E-state index in [1.807, 2.05) is 0 Å². The number of aliphatic carboxylic acids is 1. The van der Waals surface area contributed by atoms with E-state index in [0.717, 1.165) is 11.3 Å². The van der Waals surface area contributed by atoms with Crippen LogP contribution in [-0.2, 0) is 36.6 Å². The minimum Gasteiger partial charge on any atom is -0.496 e. The number of hydrogen-bond acceptors (Lipinski definition) is 11. The Morgan fingerprint density at radius 2 is 2.13 bits per heavy atom. The van der Waals surface area contributed by atoms with Gasteiger partial charge in [0.05, 0.1) is 12.0 Å². The highest BCUT2D eigenvalue weighted by atomic mass is 32.2. The Labute approximate surface area is 228 Å². The van der Waals surface area contributed by atoms with Gasteiger partial charge in [-0.25, -0.2) is 18.7 Å². The molecule has 1 aromatic heterocycles. The van der Waals surface area contributed by atoms with Gasteiger partial charge in [-0.2, -0.15) is 0 Å². The SMILES string of the molecule is CNS(=O)c1ccc(OC)c(CC2=C(C(=O)O)N3C(=O)C(NC(=O)/C(=N\OC)c4csc(N)n4)C3SC2)c1. The number of anilines is 1. The van der Waals surface area contributed by atoms with Crippen molar-refractivity contribution >= 4 is 62.7 Å². The highest BCUT2D eigenvalue weighted by Gasteiger charge is 2.54. The lowest BCUT2D eigenvalue weighted by atomic mass is 9.98. The van der Waals surface area contributed by atoms with Crippen LogP contribution in [-0.4, -0.2) is 81.1 Å². The zero-order valence-corrected chi connectivity index (χ0v) is 22.9. The van der Waals surface area contributed by atoms with Crippen molar-refractivity contribution in [2.24, 2.45) is 5.16 Å². The number of thioether (sulfide) groups is 1. The van der Waals surface area contributed by atoms with E-state index < -0.39 is 40.2 Å². The fourth-order valence-electron chi connectivity index (χ4n) is 4.08. The first-order valence-corrected chi connectivity index (χ1v) is 14.1. The molecule has 3 heterocycles. The van der Waals surface area contributed by atoms with E-state index >= 15 is 0 Å². The molecule has 0 saturated carbocycles. The number of fused-ring (bicyclic) bond motifs is 1.